The molecule has 1 aromatic heterocycles. The minimum Gasteiger partial charge on any atom is -0.342 e. The Labute approximate surface area is 188 Å². The predicted molar refractivity (Wildman–Crippen MR) is 118 cm³/mol. The van der Waals surface area contributed by atoms with Crippen molar-refractivity contribution < 1.29 is 14.0 Å². The Bertz CT molecular complexity index is 1070. The van der Waals surface area contributed by atoms with Gasteiger partial charge in [-0.1, -0.05) is 47.2 Å². The Kier molecular flexibility index (Phi) is 6.58. The number of benzene rings is 2. The van der Waals surface area contributed by atoms with E-state index in [1.807, 2.05) is 24.3 Å². The molecule has 9 heteroatoms. The van der Waals surface area contributed by atoms with Crippen molar-refractivity contribution in [1.82, 2.24) is 15.1 Å². The van der Waals surface area contributed by atoms with Gasteiger partial charge in [-0.05, 0) is 41.8 Å². The molecule has 1 aliphatic heterocycles. The Morgan fingerprint density at radius 1 is 1.13 bits per heavy atom. The highest BCUT2D eigenvalue weighted by Crippen LogP contribution is 2.23. The lowest BCUT2D eigenvalue weighted by Gasteiger charge is -2.16. The van der Waals surface area contributed by atoms with Gasteiger partial charge >= 0.3 is 0 Å². The van der Waals surface area contributed by atoms with Gasteiger partial charge in [-0.2, -0.15) is 0 Å². The molecule has 0 spiro atoms. The Morgan fingerprint density at radius 3 is 2.58 bits per heavy atom. The average Bonchev–Trinajstić information content (AvgIpc) is 3.35. The molecule has 0 radical (unpaired) electrons. The third-order valence-electron chi connectivity index (χ3n) is 5.13. The molecule has 2 heterocycles. The lowest BCUT2D eigenvalue weighted by molar-refractivity contribution is -0.128. The molecule has 3 aromatic rings. The van der Waals surface area contributed by atoms with Gasteiger partial charge in [0.15, 0.2) is 0 Å². The van der Waals surface area contributed by atoms with Crippen molar-refractivity contribution >= 4 is 39.9 Å². The highest BCUT2D eigenvalue weighted by molar-refractivity contribution is 7.15. The number of halogens is 2. The first-order valence-corrected chi connectivity index (χ1v) is 11.1. The first-order valence-electron chi connectivity index (χ1n) is 9.86. The SMILES string of the molecule is O=C(Nc1nnc(Cc2ccc(Cl)cc2)s1)C1CC(=O)N(CCc2ccc(F)cc2)C1. The minimum absolute atomic E-state index is 0.0528. The number of hydrogen-bond donors (Lipinski definition) is 1. The second-order valence-electron chi connectivity index (χ2n) is 7.41. The Hall–Kier alpha value is -2.84. The fourth-order valence-corrected chi connectivity index (χ4v) is 4.34. The maximum Gasteiger partial charge on any atom is 0.231 e. The van der Waals surface area contributed by atoms with Crippen LogP contribution in [0.4, 0.5) is 9.52 Å². The van der Waals surface area contributed by atoms with Crippen molar-refractivity contribution in [3.05, 3.63) is 75.5 Å². The average molecular weight is 459 g/mol. The third-order valence-corrected chi connectivity index (χ3v) is 6.23. The summed E-state index contributed by atoms with van der Waals surface area (Å²) in [5, 5.41) is 12.8. The van der Waals surface area contributed by atoms with Gasteiger partial charge in [-0.25, -0.2) is 4.39 Å². The van der Waals surface area contributed by atoms with Gasteiger partial charge < -0.3 is 10.2 Å². The molecule has 2 amide bonds. The van der Waals surface area contributed by atoms with Crippen LogP contribution in [0.1, 0.15) is 22.6 Å². The number of nitrogens with zero attached hydrogens (tertiary/aromatic N) is 3. The van der Waals surface area contributed by atoms with Gasteiger partial charge in [0.2, 0.25) is 16.9 Å². The van der Waals surface area contributed by atoms with Crippen molar-refractivity contribution in [2.24, 2.45) is 5.92 Å². The molecule has 1 unspecified atom stereocenters. The number of hydrogen-bond acceptors (Lipinski definition) is 5. The molecule has 160 valence electrons. The number of amides is 2. The molecule has 31 heavy (non-hydrogen) atoms. The minimum atomic E-state index is -0.427. The molecule has 6 nitrogen and oxygen atoms in total. The van der Waals surface area contributed by atoms with Crippen LogP contribution in [0.25, 0.3) is 0 Å². The maximum atomic E-state index is 13.0. The molecule has 2 aromatic carbocycles. The Balaban J connectivity index is 1.28. The molecule has 1 aliphatic rings. The largest absolute Gasteiger partial charge is 0.342 e. The molecule has 1 fully saturated rings. The van der Waals surface area contributed by atoms with Crippen LogP contribution in [-0.4, -0.2) is 40.0 Å². The number of carbonyl (C=O) groups excluding carboxylic acids is 2. The summed E-state index contributed by atoms with van der Waals surface area (Å²) in [5.41, 5.74) is 2.00. The van der Waals surface area contributed by atoms with Crippen LogP contribution in [0.3, 0.4) is 0 Å². The fraction of sp³-hybridized carbons (Fsp3) is 0.273. The summed E-state index contributed by atoms with van der Waals surface area (Å²) < 4.78 is 13.0. The molecule has 0 aliphatic carbocycles. The smallest absolute Gasteiger partial charge is 0.231 e. The van der Waals surface area contributed by atoms with Gasteiger partial charge in [-0.15, -0.1) is 10.2 Å². The molecule has 1 atom stereocenters. The molecule has 0 bridgehead atoms. The van der Waals surface area contributed by atoms with E-state index in [1.54, 1.807) is 17.0 Å². The number of carbonyl (C=O) groups is 2. The summed E-state index contributed by atoms with van der Waals surface area (Å²) >= 11 is 7.21. The van der Waals surface area contributed by atoms with Crippen LogP contribution in [0.15, 0.2) is 48.5 Å². The lowest BCUT2D eigenvalue weighted by Crippen LogP contribution is -2.30. The highest BCUT2D eigenvalue weighted by atomic mass is 35.5. The van der Waals surface area contributed by atoms with Crippen LogP contribution in [-0.2, 0) is 22.4 Å². The van der Waals surface area contributed by atoms with E-state index in [9.17, 15) is 14.0 Å². The van der Waals surface area contributed by atoms with Gasteiger partial charge in [0.25, 0.3) is 0 Å². The van der Waals surface area contributed by atoms with Crippen LogP contribution >= 0.6 is 22.9 Å². The van der Waals surface area contributed by atoms with E-state index >= 15 is 0 Å². The summed E-state index contributed by atoms with van der Waals surface area (Å²) in [5.74, 6) is -0.996. The van der Waals surface area contributed by atoms with E-state index in [2.05, 4.69) is 15.5 Å². The highest BCUT2D eigenvalue weighted by Gasteiger charge is 2.34. The maximum absolute atomic E-state index is 13.0. The first-order chi connectivity index (χ1) is 15.0. The van der Waals surface area contributed by atoms with Crippen molar-refractivity contribution in [1.29, 1.82) is 0 Å². The summed E-state index contributed by atoms with van der Waals surface area (Å²) in [6.45, 7) is 0.862. The van der Waals surface area contributed by atoms with Gasteiger partial charge in [-0.3, -0.25) is 9.59 Å². The zero-order valence-electron chi connectivity index (χ0n) is 16.6. The zero-order valence-corrected chi connectivity index (χ0v) is 18.1. The summed E-state index contributed by atoms with van der Waals surface area (Å²) in [4.78, 5) is 26.6. The van der Waals surface area contributed by atoms with Gasteiger partial charge in [0.05, 0.1) is 5.92 Å². The van der Waals surface area contributed by atoms with E-state index in [0.29, 0.717) is 36.1 Å². The molecule has 1 N–H and O–H groups in total. The topological polar surface area (TPSA) is 75.2 Å². The van der Waals surface area contributed by atoms with E-state index < -0.39 is 5.92 Å². The van der Waals surface area contributed by atoms with E-state index in [-0.39, 0.29) is 24.1 Å². The quantitative estimate of drug-likeness (QED) is 0.581. The van der Waals surface area contributed by atoms with E-state index in [1.165, 1.54) is 23.5 Å². The van der Waals surface area contributed by atoms with Gasteiger partial charge in [0.1, 0.15) is 10.8 Å². The number of likely N-dealkylation sites (tertiary alicyclic amines) is 1. The normalized spacial score (nSPS) is 16.0. The van der Waals surface area contributed by atoms with Gasteiger partial charge in [0, 0.05) is 31.0 Å². The second kappa shape index (κ2) is 9.53. The van der Waals surface area contributed by atoms with Crippen LogP contribution in [0.5, 0.6) is 0 Å². The number of nitrogens with one attached hydrogen (secondary N) is 1. The van der Waals surface area contributed by atoms with Crippen LogP contribution < -0.4 is 5.32 Å². The van der Waals surface area contributed by atoms with Crippen molar-refractivity contribution in [2.75, 3.05) is 18.4 Å². The number of anilines is 1. The van der Waals surface area contributed by atoms with Crippen molar-refractivity contribution in [3.63, 3.8) is 0 Å². The van der Waals surface area contributed by atoms with Crippen molar-refractivity contribution in [3.8, 4) is 0 Å². The summed E-state index contributed by atoms with van der Waals surface area (Å²) in [6, 6.07) is 13.7. The summed E-state index contributed by atoms with van der Waals surface area (Å²) in [7, 11) is 0. The third kappa shape index (κ3) is 5.65. The van der Waals surface area contributed by atoms with E-state index in [4.69, 9.17) is 11.6 Å². The van der Waals surface area contributed by atoms with Crippen LogP contribution in [0, 0.1) is 11.7 Å². The first kappa shape index (κ1) is 21.4. The van der Waals surface area contributed by atoms with Crippen molar-refractivity contribution in [2.45, 2.75) is 19.3 Å². The lowest BCUT2D eigenvalue weighted by atomic mass is 10.1. The summed E-state index contributed by atoms with van der Waals surface area (Å²) in [6.07, 6.45) is 1.39. The second-order valence-corrected chi connectivity index (χ2v) is 8.91. The Morgan fingerprint density at radius 2 is 1.84 bits per heavy atom. The zero-order chi connectivity index (χ0) is 21.8. The van der Waals surface area contributed by atoms with Crippen LogP contribution in [0.2, 0.25) is 5.02 Å². The molecule has 0 saturated carbocycles. The van der Waals surface area contributed by atoms with E-state index in [0.717, 1.165) is 16.1 Å². The molecular weight excluding hydrogens is 439 g/mol. The standard InChI is InChI=1S/C22H20ClFN4O2S/c23-17-5-1-15(2-6-17)11-19-26-27-22(31-19)25-21(30)16-12-20(29)28(13-16)10-9-14-3-7-18(24)8-4-14/h1-8,16H,9-13H2,(H,25,27,30). The monoisotopic (exact) mass is 458 g/mol. The predicted octanol–water partition coefficient (Wildman–Crippen LogP) is 3.95. The molecule has 4 rings (SSSR count). The fourth-order valence-electron chi connectivity index (χ4n) is 3.44. The number of rotatable bonds is 7. The molecule has 1 saturated heterocycles. The molecular formula is C22H20ClFN4O2S. The number of aromatic nitrogens is 2.